The number of hydrogen-bond acceptors (Lipinski definition) is 5. The van der Waals surface area contributed by atoms with Gasteiger partial charge in [0.15, 0.2) is 5.82 Å². The minimum atomic E-state index is 0.485. The van der Waals surface area contributed by atoms with Crippen LogP contribution in [-0.2, 0) is 6.54 Å². The first-order valence-corrected chi connectivity index (χ1v) is 6.66. The molecule has 1 saturated heterocycles. The molecule has 1 aliphatic heterocycles. The largest absolute Gasteiger partial charge is 0.354 e. The molecule has 0 aromatic carbocycles. The molecule has 1 aliphatic rings. The Morgan fingerprint density at radius 2 is 2.37 bits per heavy atom. The molecule has 6 nitrogen and oxygen atoms in total. The van der Waals surface area contributed by atoms with Crippen LogP contribution >= 0.6 is 0 Å². The van der Waals surface area contributed by atoms with Gasteiger partial charge in [0, 0.05) is 43.8 Å². The number of aromatic nitrogens is 4. The Bertz CT molecular complexity index is 483. The monoisotopic (exact) mass is 258 g/mol. The number of piperidine rings is 1. The van der Waals surface area contributed by atoms with E-state index in [-0.39, 0.29) is 0 Å². The first kappa shape index (κ1) is 12.1. The van der Waals surface area contributed by atoms with E-state index in [1.165, 1.54) is 12.8 Å². The van der Waals surface area contributed by atoms with Crippen molar-refractivity contribution in [3.63, 3.8) is 0 Å². The number of hydrogen-bond donors (Lipinski definition) is 2. The fourth-order valence-electron chi connectivity index (χ4n) is 2.45. The molecule has 0 saturated carbocycles. The molecule has 6 heteroatoms. The highest BCUT2D eigenvalue weighted by Crippen LogP contribution is 2.16. The number of nitrogens with zero attached hydrogens (tertiary/aromatic N) is 4. The number of H-pyrrole nitrogens is 1. The minimum Gasteiger partial charge on any atom is -0.354 e. The zero-order chi connectivity index (χ0) is 12.9. The average Bonchev–Trinajstić information content (AvgIpc) is 3.00. The Morgan fingerprint density at radius 1 is 1.37 bits per heavy atom. The predicted molar refractivity (Wildman–Crippen MR) is 72.7 cm³/mol. The third-order valence-electron chi connectivity index (χ3n) is 3.44. The maximum Gasteiger partial charge on any atom is 0.151 e. The number of rotatable bonds is 4. The molecular formula is C13H18N6. The van der Waals surface area contributed by atoms with Crippen LogP contribution in [0.3, 0.4) is 0 Å². The summed E-state index contributed by atoms with van der Waals surface area (Å²) >= 11 is 0. The summed E-state index contributed by atoms with van der Waals surface area (Å²) in [7, 11) is 0. The highest BCUT2D eigenvalue weighted by atomic mass is 15.3. The van der Waals surface area contributed by atoms with Crippen LogP contribution in [0.1, 0.15) is 18.5 Å². The smallest absolute Gasteiger partial charge is 0.151 e. The quantitative estimate of drug-likeness (QED) is 0.854. The summed E-state index contributed by atoms with van der Waals surface area (Å²) in [6.07, 6.45) is 5.87. The Morgan fingerprint density at radius 3 is 3.16 bits per heavy atom. The molecule has 2 aromatic heterocycles. The van der Waals surface area contributed by atoms with Gasteiger partial charge in [-0.2, -0.15) is 10.2 Å². The average molecular weight is 258 g/mol. The lowest BCUT2D eigenvalue weighted by Gasteiger charge is -2.33. The van der Waals surface area contributed by atoms with Crippen LogP contribution < -0.4 is 10.2 Å². The predicted octanol–water partition coefficient (Wildman–Crippen LogP) is 0.958. The fraction of sp³-hybridized carbons (Fsp3) is 0.462. The lowest BCUT2D eigenvalue weighted by atomic mass is 10.1. The van der Waals surface area contributed by atoms with E-state index >= 15 is 0 Å². The summed E-state index contributed by atoms with van der Waals surface area (Å²) in [4.78, 5) is 2.29. The normalized spacial score (nSPS) is 19.6. The Labute approximate surface area is 112 Å². The molecule has 19 heavy (non-hydrogen) atoms. The van der Waals surface area contributed by atoms with E-state index in [9.17, 15) is 0 Å². The van der Waals surface area contributed by atoms with Crippen LogP contribution in [0.25, 0.3) is 0 Å². The van der Waals surface area contributed by atoms with E-state index in [0.29, 0.717) is 6.04 Å². The summed E-state index contributed by atoms with van der Waals surface area (Å²) in [6.45, 7) is 2.87. The van der Waals surface area contributed by atoms with Crippen molar-refractivity contribution in [2.75, 3.05) is 18.0 Å². The van der Waals surface area contributed by atoms with Crippen molar-refractivity contribution in [1.82, 2.24) is 25.7 Å². The SMILES string of the molecule is c1cnnc(N2CCCC(NCc3ccn[nH]3)C2)c1. The lowest BCUT2D eigenvalue weighted by molar-refractivity contribution is 0.417. The standard InChI is InChI=1S/C13H18N6/c1-4-13(18-15-6-1)19-8-2-3-12(10-19)14-9-11-5-7-16-17-11/h1,4-7,12,14H,2-3,8-10H2,(H,16,17). The third kappa shape index (κ3) is 3.08. The first-order chi connectivity index (χ1) is 9.42. The Balaban J connectivity index is 1.56. The van der Waals surface area contributed by atoms with Crippen LogP contribution in [0.4, 0.5) is 5.82 Å². The molecule has 3 heterocycles. The highest BCUT2D eigenvalue weighted by molar-refractivity contribution is 5.37. The van der Waals surface area contributed by atoms with Crippen molar-refractivity contribution >= 4 is 5.82 Å². The van der Waals surface area contributed by atoms with Crippen molar-refractivity contribution in [2.45, 2.75) is 25.4 Å². The van der Waals surface area contributed by atoms with Crippen LogP contribution in [-0.4, -0.2) is 39.5 Å². The van der Waals surface area contributed by atoms with Crippen molar-refractivity contribution in [1.29, 1.82) is 0 Å². The lowest BCUT2D eigenvalue weighted by Crippen LogP contribution is -2.45. The van der Waals surface area contributed by atoms with E-state index in [0.717, 1.165) is 31.1 Å². The van der Waals surface area contributed by atoms with Crippen molar-refractivity contribution < 1.29 is 0 Å². The topological polar surface area (TPSA) is 69.7 Å². The number of aromatic amines is 1. The summed E-state index contributed by atoms with van der Waals surface area (Å²) in [5.74, 6) is 0.968. The van der Waals surface area contributed by atoms with Gasteiger partial charge in [-0.05, 0) is 31.0 Å². The third-order valence-corrected chi connectivity index (χ3v) is 3.44. The maximum absolute atomic E-state index is 4.18. The molecular weight excluding hydrogens is 240 g/mol. The van der Waals surface area contributed by atoms with E-state index in [1.807, 2.05) is 18.2 Å². The summed E-state index contributed by atoms with van der Waals surface area (Å²) < 4.78 is 0. The van der Waals surface area contributed by atoms with E-state index < -0.39 is 0 Å². The van der Waals surface area contributed by atoms with Crippen LogP contribution in [0.15, 0.2) is 30.6 Å². The molecule has 0 spiro atoms. The van der Waals surface area contributed by atoms with E-state index in [1.54, 1.807) is 12.4 Å². The van der Waals surface area contributed by atoms with Crippen LogP contribution in [0, 0.1) is 0 Å². The fourth-order valence-corrected chi connectivity index (χ4v) is 2.45. The molecule has 0 bridgehead atoms. The van der Waals surface area contributed by atoms with E-state index in [4.69, 9.17) is 0 Å². The van der Waals surface area contributed by atoms with Gasteiger partial charge in [-0.25, -0.2) is 0 Å². The van der Waals surface area contributed by atoms with Gasteiger partial charge in [-0.1, -0.05) is 0 Å². The molecule has 1 atom stereocenters. The minimum absolute atomic E-state index is 0.485. The van der Waals surface area contributed by atoms with Crippen LogP contribution in [0.5, 0.6) is 0 Å². The number of anilines is 1. The van der Waals surface area contributed by atoms with Gasteiger partial charge in [0.05, 0.1) is 0 Å². The summed E-state index contributed by atoms with van der Waals surface area (Å²) in [6, 6.07) is 6.43. The van der Waals surface area contributed by atoms with Crippen LogP contribution in [0.2, 0.25) is 0 Å². The second-order valence-electron chi connectivity index (χ2n) is 4.83. The second-order valence-corrected chi connectivity index (χ2v) is 4.83. The summed E-state index contributed by atoms with van der Waals surface area (Å²) in [5.41, 5.74) is 1.12. The molecule has 0 amide bonds. The van der Waals surface area contributed by atoms with Gasteiger partial charge in [-0.15, -0.1) is 5.10 Å². The van der Waals surface area contributed by atoms with Gasteiger partial charge in [0.2, 0.25) is 0 Å². The molecule has 2 N–H and O–H groups in total. The van der Waals surface area contributed by atoms with Crippen molar-refractivity contribution in [2.24, 2.45) is 0 Å². The highest BCUT2D eigenvalue weighted by Gasteiger charge is 2.20. The Hall–Kier alpha value is -1.95. The molecule has 3 rings (SSSR count). The maximum atomic E-state index is 4.18. The van der Waals surface area contributed by atoms with Crippen molar-refractivity contribution in [3.05, 3.63) is 36.3 Å². The van der Waals surface area contributed by atoms with Gasteiger partial charge < -0.3 is 10.2 Å². The van der Waals surface area contributed by atoms with Gasteiger partial charge in [0.25, 0.3) is 0 Å². The van der Waals surface area contributed by atoms with Crippen molar-refractivity contribution in [3.8, 4) is 0 Å². The molecule has 1 unspecified atom stereocenters. The van der Waals surface area contributed by atoms with Gasteiger partial charge in [0.1, 0.15) is 0 Å². The summed E-state index contributed by atoms with van der Waals surface area (Å²) in [5, 5.41) is 18.6. The van der Waals surface area contributed by atoms with E-state index in [2.05, 4.69) is 30.6 Å². The second kappa shape index (κ2) is 5.79. The van der Waals surface area contributed by atoms with Gasteiger partial charge in [-0.3, -0.25) is 5.10 Å². The molecule has 0 radical (unpaired) electrons. The zero-order valence-corrected chi connectivity index (χ0v) is 10.8. The Kier molecular flexibility index (Phi) is 3.69. The number of nitrogens with one attached hydrogen (secondary N) is 2. The van der Waals surface area contributed by atoms with Gasteiger partial charge >= 0.3 is 0 Å². The zero-order valence-electron chi connectivity index (χ0n) is 10.8. The molecule has 2 aromatic rings. The molecule has 100 valence electrons. The first-order valence-electron chi connectivity index (χ1n) is 6.66. The molecule has 0 aliphatic carbocycles. The molecule has 1 fully saturated rings.